The highest BCUT2D eigenvalue weighted by Gasteiger charge is 2.33. The molecule has 0 aromatic carbocycles. The fourth-order valence-corrected chi connectivity index (χ4v) is 3.51. The highest BCUT2D eigenvalue weighted by atomic mass is 35.5. The SMILES string of the molecule is COC(=O)NC1CCN(S(=O)(=O)c2ccc(Cl)nc2)C1. The molecule has 0 spiro atoms. The summed E-state index contributed by atoms with van der Waals surface area (Å²) in [5, 5.41) is 2.82. The van der Waals surface area contributed by atoms with E-state index in [0.717, 1.165) is 0 Å². The number of nitrogens with one attached hydrogen (secondary N) is 1. The third-order valence-corrected chi connectivity index (χ3v) is 5.07. The van der Waals surface area contributed by atoms with Crippen LogP contribution in [0.15, 0.2) is 23.2 Å². The molecule has 110 valence electrons. The molecule has 0 aliphatic carbocycles. The number of rotatable bonds is 3. The van der Waals surface area contributed by atoms with Crippen molar-refractivity contribution in [2.45, 2.75) is 17.4 Å². The number of pyridine rings is 1. The average molecular weight is 320 g/mol. The van der Waals surface area contributed by atoms with Gasteiger partial charge in [0, 0.05) is 25.3 Å². The first kappa shape index (κ1) is 15.0. The second-order valence-electron chi connectivity index (χ2n) is 4.30. The maximum absolute atomic E-state index is 12.3. The van der Waals surface area contributed by atoms with Crippen LogP contribution in [0.4, 0.5) is 4.79 Å². The van der Waals surface area contributed by atoms with Crippen molar-refractivity contribution in [2.24, 2.45) is 0 Å². The van der Waals surface area contributed by atoms with Crippen LogP contribution in [-0.2, 0) is 14.8 Å². The predicted molar refractivity (Wildman–Crippen MR) is 72.0 cm³/mol. The summed E-state index contributed by atoms with van der Waals surface area (Å²) >= 11 is 5.64. The number of carbonyl (C=O) groups is 1. The molecule has 1 aromatic rings. The number of amides is 1. The minimum atomic E-state index is -3.61. The van der Waals surface area contributed by atoms with Gasteiger partial charge in [0.2, 0.25) is 10.0 Å². The number of ether oxygens (including phenoxy) is 1. The van der Waals surface area contributed by atoms with Crippen LogP contribution in [0, 0.1) is 0 Å². The van der Waals surface area contributed by atoms with E-state index in [4.69, 9.17) is 11.6 Å². The fraction of sp³-hybridized carbons (Fsp3) is 0.455. The number of carbonyl (C=O) groups excluding carboxylic acids is 1. The monoisotopic (exact) mass is 319 g/mol. The Morgan fingerprint density at radius 2 is 2.30 bits per heavy atom. The molecule has 1 saturated heterocycles. The van der Waals surface area contributed by atoms with Gasteiger partial charge >= 0.3 is 6.09 Å². The second kappa shape index (κ2) is 5.94. The molecule has 1 aliphatic rings. The quantitative estimate of drug-likeness (QED) is 0.835. The molecule has 2 rings (SSSR count). The Labute approximate surface area is 121 Å². The van der Waals surface area contributed by atoms with Crippen LogP contribution >= 0.6 is 11.6 Å². The highest BCUT2D eigenvalue weighted by Crippen LogP contribution is 2.21. The number of alkyl carbamates (subject to hydrolysis) is 1. The Kier molecular flexibility index (Phi) is 4.46. The molecular weight excluding hydrogens is 306 g/mol. The van der Waals surface area contributed by atoms with Gasteiger partial charge in [-0.3, -0.25) is 0 Å². The van der Waals surface area contributed by atoms with Gasteiger partial charge < -0.3 is 10.1 Å². The van der Waals surface area contributed by atoms with Crippen molar-refractivity contribution >= 4 is 27.7 Å². The first-order valence-electron chi connectivity index (χ1n) is 5.89. The van der Waals surface area contributed by atoms with Crippen molar-refractivity contribution in [3.8, 4) is 0 Å². The number of halogens is 1. The van der Waals surface area contributed by atoms with Gasteiger partial charge in [0.1, 0.15) is 10.0 Å². The topological polar surface area (TPSA) is 88.6 Å². The predicted octanol–water partition coefficient (Wildman–Crippen LogP) is 0.854. The Balaban J connectivity index is 2.08. The van der Waals surface area contributed by atoms with Gasteiger partial charge in [-0.1, -0.05) is 11.6 Å². The summed E-state index contributed by atoms with van der Waals surface area (Å²) < 4.78 is 30.5. The van der Waals surface area contributed by atoms with E-state index in [2.05, 4.69) is 15.0 Å². The molecule has 1 aromatic heterocycles. The Bertz CT molecular complexity index is 590. The lowest BCUT2D eigenvalue weighted by atomic mass is 10.3. The van der Waals surface area contributed by atoms with E-state index in [1.54, 1.807) is 0 Å². The first-order chi connectivity index (χ1) is 9.43. The highest BCUT2D eigenvalue weighted by molar-refractivity contribution is 7.89. The van der Waals surface area contributed by atoms with Crippen LogP contribution < -0.4 is 5.32 Å². The molecule has 7 nitrogen and oxygen atoms in total. The van der Waals surface area contributed by atoms with E-state index in [-0.39, 0.29) is 22.6 Å². The molecule has 1 unspecified atom stereocenters. The summed E-state index contributed by atoms with van der Waals surface area (Å²) in [5.41, 5.74) is 0. The maximum Gasteiger partial charge on any atom is 0.407 e. The zero-order valence-corrected chi connectivity index (χ0v) is 12.3. The van der Waals surface area contributed by atoms with Crippen LogP contribution in [0.5, 0.6) is 0 Å². The van der Waals surface area contributed by atoms with Crippen molar-refractivity contribution in [2.75, 3.05) is 20.2 Å². The van der Waals surface area contributed by atoms with Crippen molar-refractivity contribution in [1.82, 2.24) is 14.6 Å². The molecule has 1 fully saturated rings. The summed E-state index contributed by atoms with van der Waals surface area (Å²) in [7, 11) is -2.35. The molecule has 1 atom stereocenters. The van der Waals surface area contributed by atoms with E-state index in [1.165, 1.54) is 29.7 Å². The van der Waals surface area contributed by atoms with Crippen molar-refractivity contribution in [3.63, 3.8) is 0 Å². The largest absolute Gasteiger partial charge is 0.453 e. The standard InChI is InChI=1S/C11H14ClN3O4S/c1-19-11(16)14-8-4-5-15(7-8)20(17,18)9-2-3-10(12)13-6-9/h2-3,6,8H,4-5,7H2,1H3,(H,14,16). The third kappa shape index (κ3) is 3.20. The summed E-state index contributed by atoms with van der Waals surface area (Å²) in [4.78, 5) is 15.0. The lowest BCUT2D eigenvalue weighted by Gasteiger charge is -2.16. The van der Waals surface area contributed by atoms with Crippen LogP contribution in [0.2, 0.25) is 5.15 Å². The Morgan fingerprint density at radius 3 is 2.90 bits per heavy atom. The van der Waals surface area contributed by atoms with E-state index in [0.29, 0.717) is 13.0 Å². The molecule has 20 heavy (non-hydrogen) atoms. The van der Waals surface area contributed by atoms with Gasteiger partial charge in [0.15, 0.2) is 0 Å². The first-order valence-corrected chi connectivity index (χ1v) is 7.71. The number of methoxy groups -OCH3 is 1. The molecule has 0 saturated carbocycles. The lowest BCUT2D eigenvalue weighted by molar-refractivity contribution is 0.167. The molecule has 0 radical (unpaired) electrons. The summed E-state index contributed by atoms with van der Waals surface area (Å²) in [5.74, 6) is 0. The minimum absolute atomic E-state index is 0.0839. The minimum Gasteiger partial charge on any atom is -0.453 e. The molecule has 1 amide bonds. The maximum atomic E-state index is 12.3. The normalized spacial score (nSPS) is 19.8. The van der Waals surface area contributed by atoms with Crippen molar-refractivity contribution in [1.29, 1.82) is 0 Å². The number of sulfonamides is 1. The van der Waals surface area contributed by atoms with Gasteiger partial charge in [0.25, 0.3) is 0 Å². The Hall–Kier alpha value is -1.38. The van der Waals surface area contributed by atoms with Crippen LogP contribution in [0.25, 0.3) is 0 Å². The number of aromatic nitrogens is 1. The molecule has 1 N–H and O–H groups in total. The van der Waals surface area contributed by atoms with Gasteiger partial charge in [-0.2, -0.15) is 4.31 Å². The van der Waals surface area contributed by atoms with Crippen molar-refractivity contribution < 1.29 is 17.9 Å². The summed E-state index contributed by atoms with van der Waals surface area (Å²) in [6, 6.07) is 2.58. The zero-order valence-electron chi connectivity index (χ0n) is 10.7. The van der Waals surface area contributed by atoms with E-state index >= 15 is 0 Å². The zero-order chi connectivity index (χ0) is 14.8. The van der Waals surface area contributed by atoms with Gasteiger partial charge in [0.05, 0.1) is 7.11 Å². The van der Waals surface area contributed by atoms with Gasteiger partial charge in [-0.05, 0) is 18.6 Å². The average Bonchev–Trinajstić information content (AvgIpc) is 2.88. The molecule has 1 aliphatic heterocycles. The molecule has 0 bridgehead atoms. The van der Waals surface area contributed by atoms with E-state index in [9.17, 15) is 13.2 Å². The van der Waals surface area contributed by atoms with Crippen LogP contribution in [0.3, 0.4) is 0 Å². The van der Waals surface area contributed by atoms with E-state index < -0.39 is 16.1 Å². The van der Waals surface area contributed by atoms with Crippen LogP contribution in [0.1, 0.15) is 6.42 Å². The Morgan fingerprint density at radius 1 is 1.55 bits per heavy atom. The number of hydrogen-bond acceptors (Lipinski definition) is 5. The smallest absolute Gasteiger partial charge is 0.407 e. The summed E-state index contributed by atoms with van der Waals surface area (Å²) in [6.45, 7) is 0.541. The molecule has 9 heteroatoms. The number of hydrogen-bond donors (Lipinski definition) is 1. The fourth-order valence-electron chi connectivity index (χ4n) is 1.95. The van der Waals surface area contributed by atoms with E-state index in [1.807, 2.05) is 0 Å². The van der Waals surface area contributed by atoms with Crippen molar-refractivity contribution in [3.05, 3.63) is 23.5 Å². The van der Waals surface area contributed by atoms with Crippen LogP contribution in [-0.4, -0.2) is 50.0 Å². The van der Waals surface area contributed by atoms with Gasteiger partial charge in [-0.25, -0.2) is 18.2 Å². The van der Waals surface area contributed by atoms with Gasteiger partial charge in [-0.15, -0.1) is 0 Å². The lowest BCUT2D eigenvalue weighted by Crippen LogP contribution is -2.38. The second-order valence-corrected chi connectivity index (χ2v) is 6.63. The summed E-state index contributed by atoms with van der Waals surface area (Å²) in [6.07, 6.45) is 1.19. The number of nitrogens with zero attached hydrogens (tertiary/aromatic N) is 2. The molecular formula is C11H14ClN3O4S. The molecule has 2 heterocycles. The third-order valence-electron chi connectivity index (χ3n) is 3.00.